The van der Waals surface area contributed by atoms with Crippen LogP contribution in [0.2, 0.25) is 5.02 Å². The molecule has 0 aliphatic carbocycles. The van der Waals surface area contributed by atoms with Gasteiger partial charge in [0.15, 0.2) is 0 Å². The fraction of sp³-hybridized carbons (Fsp3) is 0.286. The molecular formula is C21H19ClF2N4OS. The maximum atomic E-state index is 13.4. The number of hydrogen-bond acceptors (Lipinski definition) is 5. The predicted molar refractivity (Wildman–Crippen MR) is 114 cm³/mol. The van der Waals surface area contributed by atoms with Crippen LogP contribution in [0.4, 0.5) is 14.5 Å². The summed E-state index contributed by atoms with van der Waals surface area (Å²) in [7, 11) is 0. The van der Waals surface area contributed by atoms with Gasteiger partial charge in [0, 0.05) is 22.2 Å². The molecule has 1 aliphatic heterocycles. The van der Waals surface area contributed by atoms with Gasteiger partial charge in [0.25, 0.3) is 11.8 Å². The minimum Gasteiger partial charge on any atom is -0.358 e. The number of anilines is 1. The summed E-state index contributed by atoms with van der Waals surface area (Å²) in [4.78, 5) is 23.3. The van der Waals surface area contributed by atoms with Crippen molar-refractivity contribution in [3.63, 3.8) is 0 Å². The summed E-state index contributed by atoms with van der Waals surface area (Å²) >= 11 is 7.57. The number of hydrogen-bond donors (Lipinski definition) is 1. The van der Waals surface area contributed by atoms with E-state index in [1.807, 2.05) is 19.2 Å². The van der Waals surface area contributed by atoms with Crippen LogP contribution >= 0.6 is 22.9 Å². The van der Waals surface area contributed by atoms with Crippen molar-refractivity contribution in [2.24, 2.45) is 0 Å². The van der Waals surface area contributed by atoms with Crippen molar-refractivity contribution in [1.29, 1.82) is 0 Å². The van der Waals surface area contributed by atoms with Gasteiger partial charge in [0.1, 0.15) is 10.7 Å². The van der Waals surface area contributed by atoms with Crippen LogP contribution < -0.4 is 10.2 Å². The van der Waals surface area contributed by atoms with Gasteiger partial charge in [-0.25, -0.2) is 18.7 Å². The maximum Gasteiger partial charge on any atom is 0.282 e. The third-order valence-corrected chi connectivity index (χ3v) is 6.11. The first kappa shape index (κ1) is 20.7. The van der Waals surface area contributed by atoms with Crippen LogP contribution in [-0.2, 0) is 5.54 Å². The lowest BCUT2D eigenvalue weighted by Crippen LogP contribution is -2.56. The van der Waals surface area contributed by atoms with E-state index in [0.29, 0.717) is 22.0 Å². The van der Waals surface area contributed by atoms with Crippen molar-refractivity contribution in [1.82, 2.24) is 15.3 Å². The van der Waals surface area contributed by atoms with Crippen LogP contribution in [0.3, 0.4) is 0 Å². The Morgan fingerprint density at radius 2 is 2.03 bits per heavy atom. The van der Waals surface area contributed by atoms with Crippen LogP contribution in [0.25, 0.3) is 11.3 Å². The molecule has 2 aromatic heterocycles. The lowest BCUT2D eigenvalue weighted by molar-refractivity contribution is -0.0262. The van der Waals surface area contributed by atoms with Crippen molar-refractivity contribution in [3.05, 3.63) is 63.7 Å². The number of pyridine rings is 1. The largest absolute Gasteiger partial charge is 0.358 e. The van der Waals surface area contributed by atoms with E-state index in [1.54, 1.807) is 47.5 Å². The maximum absolute atomic E-state index is 13.4. The van der Waals surface area contributed by atoms with Gasteiger partial charge in [0.05, 0.1) is 30.0 Å². The summed E-state index contributed by atoms with van der Waals surface area (Å²) < 4.78 is 26.9. The highest BCUT2D eigenvalue weighted by Crippen LogP contribution is 2.38. The molecule has 9 heteroatoms. The molecule has 3 aromatic rings. The zero-order valence-corrected chi connectivity index (χ0v) is 17.9. The molecule has 1 fully saturated rings. The first-order valence-electron chi connectivity index (χ1n) is 9.27. The summed E-state index contributed by atoms with van der Waals surface area (Å²) in [6.07, 6.45) is 1.68. The normalized spacial score (nSPS) is 15.6. The highest BCUT2D eigenvalue weighted by Gasteiger charge is 2.45. The molecule has 0 bridgehead atoms. The van der Waals surface area contributed by atoms with Crippen molar-refractivity contribution in [2.45, 2.75) is 25.3 Å². The van der Waals surface area contributed by atoms with Crippen LogP contribution in [0.5, 0.6) is 0 Å². The standard InChI is InChI=1S/C21H19ClF2N4OS/c1-20(2,19-25-8-9-30-19)27-18(29)15-6-7-16(28-11-21(23,24)12-28)17(26-15)13-4-3-5-14(22)10-13/h3-10H,11-12H2,1-2H3,(H,27,29). The summed E-state index contributed by atoms with van der Waals surface area (Å²) in [6, 6.07) is 10.2. The molecule has 3 heterocycles. The van der Waals surface area contributed by atoms with E-state index in [9.17, 15) is 13.6 Å². The number of rotatable bonds is 5. The lowest BCUT2D eigenvalue weighted by Gasteiger charge is -2.41. The van der Waals surface area contributed by atoms with Gasteiger partial charge in [0.2, 0.25) is 0 Å². The molecule has 0 atom stereocenters. The minimum absolute atomic E-state index is 0.186. The monoisotopic (exact) mass is 448 g/mol. The number of halogens is 3. The average Bonchev–Trinajstić information content (AvgIpc) is 3.21. The van der Waals surface area contributed by atoms with Gasteiger partial charge in [-0.3, -0.25) is 4.79 Å². The van der Waals surface area contributed by atoms with E-state index >= 15 is 0 Å². The van der Waals surface area contributed by atoms with Gasteiger partial charge >= 0.3 is 0 Å². The number of amides is 1. The minimum atomic E-state index is -2.72. The molecule has 4 rings (SSSR count). The van der Waals surface area contributed by atoms with E-state index in [-0.39, 0.29) is 24.7 Å². The third-order valence-electron chi connectivity index (χ3n) is 4.78. The van der Waals surface area contributed by atoms with Crippen LogP contribution in [-0.4, -0.2) is 34.9 Å². The molecule has 0 unspecified atom stereocenters. The van der Waals surface area contributed by atoms with Crippen LogP contribution in [0.1, 0.15) is 29.3 Å². The van der Waals surface area contributed by atoms with Gasteiger partial charge in [-0.2, -0.15) is 0 Å². The molecule has 156 valence electrons. The predicted octanol–water partition coefficient (Wildman–Crippen LogP) is 4.98. The number of benzene rings is 1. The zero-order chi connectivity index (χ0) is 21.5. The number of alkyl halides is 2. The molecule has 1 saturated heterocycles. The number of carbonyl (C=O) groups excluding carboxylic acids is 1. The van der Waals surface area contributed by atoms with Gasteiger partial charge in [-0.15, -0.1) is 11.3 Å². The fourth-order valence-electron chi connectivity index (χ4n) is 3.30. The average molecular weight is 449 g/mol. The van der Waals surface area contributed by atoms with Crippen LogP contribution in [0.15, 0.2) is 48.0 Å². The summed E-state index contributed by atoms with van der Waals surface area (Å²) in [5.74, 6) is -3.10. The molecule has 1 aromatic carbocycles. The molecule has 1 aliphatic rings. The quantitative estimate of drug-likeness (QED) is 0.598. The number of thiazole rings is 1. The van der Waals surface area contributed by atoms with E-state index in [4.69, 9.17) is 11.6 Å². The van der Waals surface area contributed by atoms with E-state index < -0.39 is 11.5 Å². The highest BCUT2D eigenvalue weighted by molar-refractivity contribution is 7.09. The number of carbonyl (C=O) groups is 1. The zero-order valence-electron chi connectivity index (χ0n) is 16.3. The molecule has 0 radical (unpaired) electrons. The Kier molecular flexibility index (Phi) is 5.23. The second-order valence-electron chi connectivity index (χ2n) is 7.70. The Hall–Kier alpha value is -2.58. The van der Waals surface area contributed by atoms with Gasteiger partial charge < -0.3 is 10.2 Å². The Bertz CT molecular complexity index is 1080. The fourth-order valence-corrected chi connectivity index (χ4v) is 4.21. The lowest BCUT2D eigenvalue weighted by atomic mass is 10.0. The second-order valence-corrected chi connectivity index (χ2v) is 9.03. The second kappa shape index (κ2) is 7.59. The molecule has 5 nitrogen and oxygen atoms in total. The summed E-state index contributed by atoms with van der Waals surface area (Å²) in [6.45, 7) is 2.95. The molecule has 0 saturated carbocycles. The van der Waals surface area contributed by atoms with Crippen molar-refractivity contribution in [2.75, 3.05) is 18.0 Å². The Morgan fingerprint density at radius 1 is 1.27 bits per heavy atom. The van der Waals surface area contributed by atoms with E-state index in [2.05, 4.69) is 15.3 Å². The van der Waals surface area contributed by atoms with Crippen molar-refractivity contribution in [3.8, 4) is 11.3 Å². The first-order chi connectivity index (χ1) is 14.1. The summed E-state index contributed by atoms with van der Waals surface area (Å²) in [5.41, 5.74) is 1.14. The first-order valence-corrected chi connectivity index (χ1v) is 10.5. The SMILES string of the molecule is CC(C)(NC(=O)c1ccc(N2CC(F)(F)C2)c(-c2cccc(Cl)c2)n1)c1nccs1. The van der Waals surface area contributed by atoms with Gasteiger partial charge in [-0.1, -0.05) is 23.7 Å². The molecule has 1 amide bonds. The third kappa shape index (κ3) is 4.15. The number of nitrogens with zero attached hydrogens (tertiary/aromatic N) is 3. The molecule has 0 spiro atoms. The summed E-state index contributed by atoms with van der Waals surface area (Å²) in [5, 5.41) is 6.05. The highest BCUT2D eigenvalue weighted by atomic mass is 35.5. The molecule has 30 heavy (non-hydrogen) atoms. The number of nitrogens with one attached hydrogen (secondary N) is 1. The van der Waals surface area contributed by atoms with Crippen molar-refractivity contribution >= 4 is 34.5 Å². The topological polar surface area (TPSA) is 58.1 Å². The smallest absolute Gasteiger partial charge is 0.282 e. The Balaban J connectivity index is 1.68. The van der Waals surface area contributed by atoms with Crippen molar-refractivity contribution < 1.29 is 13.6 Å². The number of aromatic nitrogens is 2. The Labute approximate surface area is 181 Å². The Morgan fingerprint density at radius 3 is 2.67 bits per heavy atom. The van der Waals surface area contributed by atoms with Crippen LogP contribution in [0, 0.1) is 0 Å². The van der Waals surface area contributed by atoms with E-state index in [1.165, 1.54) is 11.3 Å². The van der Waals surface area contributed by atoms with Gasteiger partial charge in [-0.05, 0) is 38.1 Å². The van der Waals surface area contributed by atoms with E-state index in [0.717, 1.165) is 5.01 Å². The molecule has 1 N–H and O–H groups in total. The molecular weight excluding hydrogens is 430 g/mol.